The van der Waals surface area contributed by atoms with Crippen LogP contribution in [-0.2, 0) is 12.7 Å². The zero-order chi connectivity index (χ0) is 16.5. The number of rotatable bonds is 3. The number of carbonyl (C=O) groups is 1. The fourth-order valence-corrected chi connectivity index (χ4v) is 2.84. The van der Waals surface area contributed by atoms with Crippen molar-refractivity contribution in [2.24, 2.45) is 5.92 Å². The molecule has 0 radical (unpaired) electrons. The van der Waals surface area contributed by atoms with Crippen LogP contribution in [0.25, 0.3) is 0 Å². The molecular formula is C14H20F3N3O2. The van der Waals surface area contributed by atoms with Crippen LogP contribution in [0.5, 0.6) is 0 Å². The minimum absolute atomic E-state index is 0.0401. The summed E-state index contributed by atoms with van der Waals surface area (Å²) in [5.74, 6) is -0.773. The summed E-state index contributed by atoms with van der Waals surface area (Å²) < 4.78 is 40.4. The van der Waals surface area contributed by atoms with Gasteiger partial charge in [-0.15, -0.1) is 0 Å². The quantitative estimate of drug-likeness (QED) is 0.929. The Balaban J connectivity index is 2.28. The molecule has 1 N–H and O–H groups in total. The summed E-state index contributed by atoms with van der Waals surface area (Å²) in [6.07, 6.45) is -2.79. The minimum atomic E-state index is -4.63. The summed E-state index contributed by atoms with van der Waals surface area (Å²) in [5.41, 5.74) is -1.42. The zero-order valence-electron chi connectivity index (χ0n) is 12.6. The highest BCUT2D eigenvalue weighted by atomic mass is 19.4. The van der Waals surface area contributed by atoms with Gasteiger partial charge in [0.15, 0.2) is 5.69 Å². The van der Waals surface area contributed by atoms with Gasteiger partial charge in [0.2, 0.25) is 0 Å². The SMILES string of the molecule is CCn1ncc(C(=O)N2CCCC(C(C)O)C2)c1C(F)(F)F. The van der Waals surface area contributed by atoms with Crippen molar-refractivity contribution in [3.63, 3.8) is 0 Å². The Bertz CT molecular complexity index is 540. The number of hydrogen-bond acceptors (Lipinski definition) is 3. The van der Waals surface area contributed by atoms with E-state index in [1.807, 2.05) is 0 Å². The number of aryl methyl sites for hydroxylation is 1. The Hall–Kier alpha value is -1.57. The summed E-state index contributed by atoms with van der Waals surface area (Å²) in [5, 5.41) is 13.3. The van der Waals surface area contributed by atoms with Gasteiger partial charge in [-0.1, -0.05) is 0 Å². The number of carbonyl (C=O) groups excluding carboxylic acids is 1. The summed E-state index contributed by atoms with van der Waals surface area (Å²) >= 11 is 0. The van der Waals surface area contributed by atoms with Crippen molar-refractivity contribution in [3.8, 4) is 0 Å². The predicted octanol–water partition coefficient (Wildman–Crippen LogP) is 2.15. The van der Waals surface area contributed by atoms with E-state index in [9.17, 15) is 23.1 Å². The molecule has 124 valence electrons. The van der Waals surface area contributed by atoms with Crippen molar-refractivity contribution in [1.29, 1.82) is 0 Å². The van der Waals surface area contributed by atoms with Crippen LogP contribution in [0, 0.1) is 5.92 Å². The molecule has 1 aliphatic rings. The highest BCUT2D eigenvalue weighted by molar-refractivity contribution is 5.95. The first-order valence-corrected chi connectivity index (χ1v) is 7.36. The van der Waals surface area contributed by atoms with Crippen molar-refractivity contribution in [2.75, 3.05) is 13.1 Å². The van der Waals surface area contributed by atoms with Gasteiger partial charge in [-0.25, -0.2) is 0 Å². The smallest absolute Gasteiger partial charge is 0.393 e. The molecule has 1 fully saturated rings. The molecule has 8 heteroatoms. The summed E-state index contributed by atoms with van der Waals surface area (Å²) in [4.78, 5) is 13.8. The van der Waals surface area contributed by atoms with Crippen molar-refractivity contribution in [2.45, 2.75) is 45.5 Å². The summed E-state index contributed by atoms with van der Waals surface area (Å²) in [6.45, 7) is 3.88. The average Bonchev–Trinajstić information content (AvgIpc) is 2.90. The number of aliphatic hydroxyl groups excluding tert-OH is 1. The van der Waals surface area contributed by atoms with Crippen molar-refractivity contribution < 1.29 is 23.1 Å². The number of aliphatic hydroxyl groups is 1. The highest BCUT2D eigenvalue weighted by Crippen LogP contribution is 2.33. The topological polar surface area (TPSA) is 58.4 Å². The molecule has 0 aromatic carbocycles. The van der Waals surface area contributed by atoms with Crippen LogP contribution in [0.1, 0.15) is 42.7 Å². The molecule has 0 saturated carbocycles. The number of nitrogens with zero attached hydrogens (tertiary/aromatic N) is 3. The van der Waals surface area contributed by atoms with Gasteiger partial charge >= 0.3 is 6.18 Å². The first-order valence-electron chi connectivity index (χ1n) is 7.36. The molecule has 5 nitrogen and oxygen atoms in total. The summed E-state index contributed by atoms with van der Waals surface area (Å²) in [7, 11) is 0. The molecule has 22 heavy (non-hydrogen) atoms. The lowest BCUT2D eigenvalue weighted by molar-refractivity contribution is -0.144. The number of alkyl halides is 3. The molecule has 2 heterocycles. The van der Waals surface area contributed by atoms with Gasteiger partial charge in [0.1, 0.15) is 0 Å². The maximum absolute atomic E-state index is 13.2. The van der Waals surface area contributed by atoms with E-state index in [4.69, 9.17) is 0 Å². The molecule has 0 bridgehead atoms. The van der Waals surface area contributed by atoms with Gasteiger partial charge in [0, 0.05) is 25.6 Å². The zero-order valence-corrected chi connectivity index (χ0v) is 12.6. The predicted molar refractivity (Wildman–Crippen MR) is 73.2 cm³/mol. The lowest BCUT2D eigenvalue weighted by Crippen LogP contribution is -2.43. The van der Waals surface area contributed by atoms with E-state index < -0.39 is 29.4 Å². The summed E-state index contributed by atoms with van der Waals surface area (Å²) in [6, 6.07) is 0. The van der Waals surface area contributed by atoms with Crippen LogP contribution in [-0.4, -0.2) is 44.9 Å². The second-order valence-corrected chi connectivity index (χ2v) is 5.61. The van der Waals surface area contributed by atoms with E-state index in [-0.39, 0.29) is 19.0 Å². The van der Waals surface area contributed by atoms with E-state index in [1.54, 1.807) is 13.8 Å². The maximum atomic E-state index is 13.2. The van der Waals surface area contributed by atoms with Gasteiger partial charge in [0.25, 0.3) is 5.91 Å². The van der Waals surface area contributed by atoms with Crippen molar-refractivity contribution in [3.05, 3.63) is 17.5 Å². The van der Waals surface area contributed by atoms with E-state index in [1.165, 1.54) is 4.90 Å². The standard InChI is InChI=1S/C14H20F3N3O2/c1-3-20-12(14(15,16)17)11(7-18-20)13(22)19-6-4-5-10(8-19)9(2)21/h7,9-10,21H,3-6,8H2,1-2H3. The number of hydrogen-bond donors (Lipinski definition) is 1. The maximum Gasteiger partial charge on any atom is 0.433 e. The first-order chi connectivity index (χ1) is 10.3. The van der Waals surface area contributed by atoms with Crippen LogP contribution in [0.2, 0.25) is 0 Å². The van der Waals surface area contributed by atoms with E-state index in [0.29, 0.717) is 13.0 Å². The number of likely N-dealkylation sites (tertiary alicyclic amines) is 1. The van der Waals surface area contributed by atoms with Gasteiger partial charge in [-0.05, 0) is 26.7 Å². The van der Waals surface area contributed by atoms with Crippen LogP contribution >= 0.6 is 0 Å². The van der Waals surface area contributed by atoms with E-state index in [0.717, 1.165) is 17.3 Å². The molecule has 2 rings (SSSR count). The Labute approximate surface area is 126 Å². The van der Waals surface area contributed by atoms with E-state index in [2.05, 4.69) is 5.10 Å². The van der Waals surface area contributed by atoms with E-state index >= 15 is 0 Å². The fraction of sp³-hybridized carbons (Fsp3) is 0.714. The molecule has 2 unspecified atom stereocenters. The molecule has 1 saturated heterocycles. The van der Waals surface area contributed by atoms with Gasteiger partial charge in [0.05, 0.1) is 17.9 Å². The molecule has 1 aliphatic heterocycles. The second-order valence-electron chi connectivity index (χ2n) is 5.61. The third-order valence-corrected chi connectivity index (χ3v) is 4.07. The van der Waals surface area contributed by atoms with Crippen molar-refractivity contribution in [1.82, 2.24) is 14.7 Å². The Morgan fingerprint density at radius 1 is 1.55 bits per heavy atom. The third-order valence-electron chi connectivity index (χ3n) is 4.07. The molecule has 1 aromatic rings. The third kappa shape index (κ3) is 3.26. The molecule has 0 aliphatic carbocycles. The minimum Gasteiger partial charge on any atom is -0.393 e. The number of aromatic nitrogens is 2. The number of halogens is 3. The second kappa shape index (κ2) is 6.28. The monoisotopic (exact) mass is 319 g/mol. The van der Waals surface area contributed by atoms with Crippen LogP contribution in [0.15, 0.2) is 6.20 Å². The largest absolute Gasteiger partial charge is 0.433 e. The molecule has 1 aromatic heterocycles. The Morgan fingerprint density at radius 3 is 2.77 bits per heavy atom. The van der Waals surface area contributed by atoms with Gasteiger partial charge < -0.3 is 10.0 Å². The van der Waals surface area contributed by atoms with Gasteiger partial charge in [-0.2, -0.15) is 18.3 Å². The lowest BCUT2D eigenvalue weighted by Gasteiger charge is -2.34. The molecule has 0 spiro atoms. The Morgan fingerprint density at radius 2 is 2.23 bits per heavy atom. The normalized spacial score (nSPS) is 21.0. The van der Waals surface area contributed by atoms with Gasteiger partial charge in [-0.3, -0.25) is 9.48 Å². The number of amides is 1. The number of piperidine rings is 1. The average molecular weight is 319 g/mol. The molecular weight excluding hydrogens is 299 g/mol. The van der Waals surface area contributed by atoms with Crippen molar-refractivity contribution >= 4 is 5.91 Å². The van der Waals surface area contributed by atoms with Crippen LogP contribution in [0.4, 0.5) is 13.2 Å². The fourth-order valence-electron chi connectivity index (χ4n) is 2.84. The van der Waals surface area contributed by atoms with Crippen LogP contribution in [0.3, 0.4) is 0 Å². The van der Waals surface area contributed by atoms with Crippen LogP contribution < -0.4 is 0 Å². The first kappa shape index (κ1) is 16.8. The Kier molecular flexibility index (Phi) is 4.79. The lowest BCUT2D eigenvalue weighted by atomic mass is 9.93. The molecule has 1 amide bonds. The highest BCUT2D eigenvalue weighted by Gasteiger charge is 2.41. The molecule has 2 atom stereocenters.